The van der Waals surface area contributed by atoms with Crippen LogP contribution in [0.3, 0.4) is 0 Å². The van der Waals surface area contributed by atoms with Crippen LogP contribution in [-0.2, 0) is 4.79 Å². The van der Waals surface area contributed by atoms with Crippen molar-refractivity contribution in [3.05, 3.63) is 29.8 Å². The SMILES string of the molecule is CCOc1ccc(C(=O)CCC(=O)N2CCNCC2)cc1.Cl. The molecule has 2 rings (SSSR count). The number of carbonyl (C=O) groups is 2. The fraction of sp³-hybridized carbons (Fsp3) is 0.500. The lowest BCUT2D eigenvalue weighted by molar-refractivity contribution is -0.131. The molecule has 1 heterocycles. The number of Topliss-reactive ketones (excluding diaryl/α,β-unsaturated/α-hetero) is 1. The lowest BCUT2D eigenvalue weighted by Crippen LogP contribution is -2.46. The Morgan fingerprint density at radius 2 is 1.77 bits per heavy atom. The smallest absolute Gasteiger partial charge is 0.223 e. The minimum atomic E-state index is 0. The second kappa shape index (κ2) is 9.43. The van der Waals surface area contributed by atoms with Crippen molar-refractivity contribution in [1.29, 1.82) is 0 Å². The van der Waals surface area contributed by atoms with E-state index in [1.54, 1.807) is 24.3 Å². The number of hydrogen-bond donors (Lipinski definition) is 1. The van der Waals surface area contributed by atoms with Crippen molar-refractivity contribution in [2.24, 2.45) is 0 Å². The Hall–Kier alpha value is -1.59. The minimum absolute atomic E-state index is 0. The summed E-state index contributed by atoms with van der Waals surface area (Å²) < 4.78 is 5.34. The molecule has 1 aromatic rings. The number of piperazine rings is 1. The Kier molecular flexibility index (Phi) is 7.91. The molecule has 22 heavy (non-hydrogen) atoms. The zero-order valence-corrected chi connectivity index (χ0v) is 13.7. The summed E-state index contributed by atoms with van der Waals surface area (Å²) in [5.74, 6) is 0.822. The normalized spacial score (nSPS) is 14.1. The number of amides is 1. The van der Waals surface area contributed by atoms with Gasteiger partial charge in [-0.2, -0.15) is 0 Å². The summed E-state index contributed by atoms with van der Waals surface area (Å²) in [6, 6.07) is 7.08. The molecule has 0 saturated carbocycles. The largest absolute Gasteiger partial charge is 0.494 e. The first kappa shape index (κ1) is 18.5. The van der Waals surface area contributed by atoms with E-state index >= 15 is 0 Å². The third-order valence-electron chi connectivity index (χ3n) is 3.52. The maximum atomic E-state index is 12.1. The minimum Gasteiger partial charge on any atom is -0.494 e. The van der Waals surface area contributed by atoms with Crippen LogP contribution in [0.2, 0.25) is 0 Å². The molecule has 1 N–H and O–H groups in total. The summed E-state index contributed by atoms with van der Waals surface area (Å²) in [5.41, 5.74) is 0.631. The highest BCUT2D eigenvalue weighted by Gasteiger charge is 2.17. The van der Waals surface area contributed by atoms with Crippen molar-refractivity contribution in [1.82, 2.24) is 10.2 Å². The number of benzene rings is 1. The van der Waals surface area contributed by atoms with E-state index in [0.717, 1.165) is 31.9 Å². The third kappa shape index (κ3) is 5.31. The van der Waals surface area contributed by atoms with Gasteiger partial charge in [0.15, 0.2) is 5.78 Å². The molecule has 0 aliphatic carbocycles. The molecule has 1 amide bonds. The van der Waals surface area contributed by atoms with Gasteiger partial charge in [0.05, 0.1) is 6.61 Å². The molecule has 0 aromatic heterocycles. The van der Waals surface area contributed by atoms with Crippen LogP contribution in [0, 0.1) is 0 Å². The number of carbonyl (C=O) groups excluding carboxylic acids is 2. The van der Waals surface area contributed by atoms with Gasteiger partial charge in [-0.05, 0) is 31.2 Å². The Labute approximate surface area is 137 Å². The summed E-state index contributed by atoms with van der Waals surface area (Å²) in [5, 5.41) is 3.20. The van der Waals surface area contributed by atoms with Gasteiger partial charge in [0, 0.05) is 44.6 Å². The predicted molar refractivity (Wildman–Crippen MR) is 87.9 cm³/mol. The predicted octanol–water partition coefficient (Wildman–Crippen LogP) is 1.90. The number of ketones is 1. The molecule has 5 nitrogen and oxygen atoms in total. The van der Waals surface area contributed by atoms with Gasteiger partial charge >= 0.3 is 0 Å². The highest BCUT2D eigenvalue weighted by Crippen LogP contribution is 2.14. The van der Waals surface area contributed by atoms with E-state index < -0.39 is 0 Å². The fourth-order valence-corrected chi connectivity index (χ4v) is 2.34. The summed E-state index contributed by atoms with van der Waals surface area (Å²) in [7, 11) is 0. The summed E-state index contributed by atoms with van der Waals surface area (Å²) in [4.78, 5) is 25.9. The lowest BCUT2D eigenvalue weighted by atomic mass is 10.1. The number of halogens is 1. The average molecular weight is 327 g/mol. The van der Waals surface area contributed by atoms with Gasteiger partial charge < -0.3 is 15.0 Å². The molecule has 1 aromatic carbocycles. The van der Waals surface area contributed by atoms with E-state index in [1.807, 2.05) is 11.8 Å². The first-order chi connectivity index (χ1) is 10.2. The molecule has 122 valence electrons. The first-order valence-corrected chi connectivity index (χ1v) is 7.45. The topological polar surface area (TPSA) is 58.6 Å². The van der Waals surface area contributed by atoms with E-state index in [0.29, 0.717) is 12.2 Å². The molecule has 6 heteroatoms. The number of ether oxygens (including phenoxy) is 1. The van der Waals surface area contributed by atoms with Crippen LogP contribution in [0.5, 0.6) is 5.75 Å². The van der Waals surface area contributed by atoms with E-state index in [9.17, 15) is 9.59 Å². The maximum absolute atomic E-state index is 12.1. The molecule has 1 saturated heterocycles. The monoisotopic (exact) mass is 326 g/mol. The zero-order valence-electron chi connectivity index (χ0n) is 12.8. The van der Waals surface area contributed by atoms with Gasteiger partial charge in [-0.15, -0.1) is 12.4 Å². The Bertz CT molecular complexity index is 485. The highest BCUT2D eigenvalue weighted by atomic mass is 35.5. The number of nitrogens with zero attached hydrogens (tertiary/aromatic N) is 1. The number of hydrogen-bond acceptors (Lipinski definition) is 4. The van der Waals surface area contributed by atoms with E-state index in [1.165, 1.54) is 0 Å². The quantitative estimate of drug-likeness (QED) is 0.811. The van der Waals surface area contributed by atoms with Gasteiger partial charge in [0.1, 0.15) is 5.75 Å². The number of nitrogens with one attached hydrogen (secondary N) is 1. The summed E-state index contributed by atoms with van der Waals surface area (Å²) >= 11 is 0. The molecule has 0 spiro atoms. The molecule has 0 atom stereocenters. The van der Waals surface area contributed by atoms with Crippen molar-refractivity contribution in [3.8, 4) is 5.75 Å². The number of rotatable bonds is 6. The lowest BCUT2D eigenvalue weighted by Gasteiger charge is -2.27. The summed E-state index contributed by atoms with van der Waals surface area (Å²) in [6.07, 6.45) is 0.544. The molecule has 0 radical (unpaired) electrons. The Morgan fingerprint density at radius 1 is 1.14 bits per heavy atom. The van der Waals surface area contributed by atoms with Crippen LogP contribution in [-0.4, -0.2) is 49.4 Å². The molecular formula is C16H23ClN2O3. The van der Waals surface area contributed by atoms with Crippen molar-refractivity contribution in [3.63, 3.8) is 0 Å². The molecule has 1 aliphatic heterocycles. The van der Waals surface area contributed by atoms with Crippen LogP contribution >= 0.6 is 12.4 Å². The van der Waals surface area contributed by atoms with Crippen LogP contribution in [0.1, 0.15) is 30.1 Å². The third-order valence-corrected chi connectivity index (χ3v) is 3.52. The second-order valence-corrected chi connectivity index (χ2v) is 5.01. The maximum Gasteiger partial charge on any atom is 0.223 e. The van der Waals surface area contributed by atoms with Crippen molar-refractivity contribution < 1.29 is 14.3 Å². The Morgan fingerprint density at radius 3 is 2.36 bits per heavy atom. The van der Waals surface area contributed by atoms with Crippen LogP contribution in [0.4, 0.5) is 0 Å². The van der Waals surface area contributed by atoms with Crippen molar-refractivity contribution in [2.45, 2.75) is 19.8 Å². The van der Waals surface area contributed by atoms with Crippen molar-refractivity contribution >= 4 is 24.1 Å². The first-order valence-electron chi connectivity index (χ1n) is 7.45. The van der Waals surface area contributed by atoms with Gasteiger partial charge in [-0.3, -0.25) is 9.59 Å². The van der Waals surface area contributed by atoms with E-state index in [4.69, 9.17) is 4.74 Å². The molecule has 1 fully saturated rings. The zero-order chi connectivity index (χ0) is 15.1. The van der Waals surface area contributed by atoms with Gasteiger partial charge in [0.25, 0.3) is 0 Å². The molecule has 1 aliphatic rings. The fourth-order valence-electron chi connectivity index (χ4n) is 2.34. The summed E-state index contributed by atoms with van der Waals surface area (Å²) in [6.45, 7) is 5.65. The van der Waals surface area contributed by atoms with Crippen LogP contribution in [0.15, 0.2) is 24.3 Å². The van der Waals surface area contributed by atoms with E-state index in [-0.39, 0.29) is 36.9 Å². The standard InChI is InChI=1S/C16H22N2O3.ClH/c1-2-21-14-5-3-13(4-6-14)15(19)7-8-16(20)18-11-9-17-10-12-18;/h3-6,17H,2,7-12H2,1H3;1H. The van der Waals surface area contributed by atoms with Gasteiger partial charge in [0.2, 0.25) is 5.91 Å². The Balaban J connectivity index is 0.00000242. The van der Waals surface area contributed by atoms with E-state index in [2.05, 4.69) is 5.32 Å². The van der Waals surface area contributed by atoms with Crippen LogP contribution < -0.4 is 10.1 Å². The van der Waals surface area contributed by atoms with Crippen molar-refractivity contribution in [2.75, 3.05) is 32.8 Å². The van der Waals surface area contributed by atoms with Crippen LogP contribution in [0.25, 0.3) is 0 Å². The molecule has 0 unspecified atom stereocenters. The highest BCUT2D eigenvalue weighted by molar-refractivity contribution is 5.98. The average Bonchev–Trinajstić information content (AvgIpc) is 2.54. The molecule has 0 bridgehead atoms. The molecular weight excluding hydrogens is 304 g/mol. The van der Waals surface area contributed by atoms with Gasteiger partial charge in [-0.1, -0.05) is 0 Å². The second-order valence-electron chi connectivity index (χ2n) is 5.01. The van der Waals surface area contributed by atoms with Gasteiger partial charge in [-0.25, -0.2) is 0 Å².